The first kappa shape index (κ1) is 20.5. The second kappa shape index (κ2) is 6.73. The molecule has 0 atom stereocenters. The van der Waals surface area contributed by atoms with Crippen LogP contribution >= 0.6 is 67.8 Å². The van der Waals surface area contributed by atoms with Gasteiger partial charge in [-0.3, -0.25) is 0 Å². The molecule has 0 saturated heterocycles. The fourth-order valence-electron chi connectivity index (χ4n) is 1.19. The van der Waals surface area contributed by atoms with Gasteiger partial charge in [-0.2, -0.15) is 26.3 Å². The molecule has 12 heteroatoms. The molecule has 0 aliphatic rings. The Morgan fingerprint density at radius 3 is 1.64 bits per heavy atom. The van der Waals surface area contributed by atoms with Crippen molar-refractivity contribution in [3.05, 3.63) is 22.8 Å². The maximum absolute atomic E-state index is 12.5. The van der Waals surface area contributed by atoms with Crippen molar-refractivity contribution < 1.29 is 41.0 Å². The summed E-state index contributed by atoms with van der Waals surface area (Å²) in [5.74, 6) is -3.34. The Labute approximate surface area is 160 Å². The Balaban J connectivity index is 3.31. The molecule has 0 aliphatic carbocycles. The van der Waals surface area contributed by atoms with Gasteiger partial charge < -0.3 is 9.84 Å². The lowest BCUT2D eigenvalue weighted by molar-refractivity contribution is -0.354. The third kappa shape index (κ3) is 3.90. The molecule has 0 amide bonds. The van der Waals surface area contributed by atoms with Crippen molar-refractivity contribution in [3.63, 3.8) is 0 Å². The lowest BCUT2D eigenvalue weighted by atomic mass is 10.0. The molecule has 1 aromatic rings. The fraction of sp³-hybridized carbons (Fsp3) is 0.300. The van der Waals surface area contributed by atoms with E-state index in [4.69, 9.17) is 5.11 Å². The Morgan fingerprint density at radius 2 is 1.32 bits per heavy atom. The largest absolute Gasteiger partial charge is 0.437 e. The van der Waals surface area contributed by atoms with E-state index in [1.165, 1.54) is 12.1 Å². The Hall–Kier alpha value is 0.420. The molecule has 0 bridgehead atoms. The summed E-state index contributed by atoms with van der Waals surface area (Å²) >= 11 is 5.03. The van der Waals surface area contributed by atoms with Crippen molar-refractivity contribution in [2.75, 3.05) is 0 Å². The van der Waals surface area contributed by atoms with Crippen LogP contribution in [0.5, 0.6) is 5.75 Å². The average molecular weight is 666 g/mol. The zero-order valence-electron chi connectivity index (χ0n) is 9.82. The number of alkyl halides is 6. The molecule has 0 fully saturated rings. The summed E-state index contributed by atoms with van der Waals surface area (Å²) in [6.45, 7) is 0. The van der Waals surface area contributed by atoms with Gasteiger partial charge in [0.15, 0.2) is 5.75 Å². The predicted octanol–water partition coefficient (Wildman–Crippen LogP) is 4.26. The molecular weight excluding hydrogens is 663 g/mol. The molecule has 0 saturated carbocycles. The Morgan fingerprint density at radius 1 is 0.955 bits per heavy atom. The van der Waals surface area contributed by atoms with Crippen molar-refractivity contribution in [2.45, 2.75) is 18.0 Å². The monoisotopic (exact) mass is 666 g/mol. The first-order chi connectivity index (χ1) is 9.71. The normalized spacial score (nSPS) is 13.2. The smallest absolute Gasteiger partial charge is 0.422 e. The molecule has 0 aromatic heterocycles. The van der Waals surface area contributed by atoms with Crippen molar-refractivity contribution in [1.82, 2.24) is 0 Å². The zero-order chi connectivity index (χ0) is 17.5. The van der Waals surface area contributed by atoms with E-state index in [2.05, 4.69) is 4.74 Å². The molecular formula is C10H3F6I3O3. The summed E-state index contributed by atoms with van der Waals surface area (Å²) in [7, 11) is 0. The van der Waals surface area contributed by atoms with Crippen LogP contribution in [-0.4, -0.2) is 29.0 Å². The molecule has 0 spiro atoms. The van der Waals surface area contributed by atoms with Gasteiger partial charge in [0, 0.05) is 3.57 Å². The van der Waals surface area contributed by atoms with E-state index < -0.39 is 29.7 Å². The predicted molar refractivity (Wildman–Crippen MR) is 87.3 cm³/mol. The number of rotatable bonds is 2. The van der Waals surface area contributed by atoms with Gasteiger partial charge in [-0.05, 0) is 79.9 Å². The van der Waals surface area contributed by atoms with E-state index in [-0.39, 0.29) is 7.14 Å². The van der Waals surface area contributed by atoms with E-state index in [0.717, 1.165) is 0 Å². The van der Waals surface area contributed by atoms with Crippen LogP contribution in [0, 0.1) is 10.7 Å². The quantitative estimate of drug-likeness (QED) is 0.223. The van der Waals surface area contributed by atoms with Gasteiger partial charge in [0.2, 0.25) is 0 Å². The van der Waals surface area contributed by atoms with Gasteiger partial charge in [-0.1, -0.05) is 0 Å². The summed E-state index contributed by atoms with van der Waals surface area (Å²) in [6.07, 6.45) is -12.6. The molecule has 0 unspecified atom stereocenters. The molecule has 124 valence electrons. The highest BCUT2D eigenvalue weighted by Crippen LogP contribution is 2.44. The van der Waals surface area contributed by atoms with Crippen LogP contribution in [0.1, 0.15) is 0 Å². The van der Waals surface area contributed by atoms with Crippen molar-refractivity contribution in [3.8, 4) is 5.75 Å². The van der Waals surface area contributed by atoms with Crippen LogP contribution in [0.15, 0.2) is 12.1 Å². The topological polar surface area (TPSA) is 46.5 Å². The van der Waals surface area contributed by atoms with Gasteiger partial charge in [-0.25, -0.2) is 4.79 Å². The lowest BCUT2D eigenvalue weighted by Gasteiger charge is -2.29. The van der Waals surface area contributed by atoms with Gasteiger partial charge in [-0.15, -0.1) is 0 Å². The summed E-state index contributed by atoms with van der Waals surface area (Å²) in [4.78, 5) is 11.4. The third-order valence-electron chi connectivity index (χ3n) is 2.27. The fourth-order valence-corrected chi connectivity index (χ4v) is 4.99. The molecule has 0 radical (unpaired) electrons. The Kier molecular flexibility index (Phi) is 6.26. The van der Waals surface area contributed by atoms with Crippen molar-refractivity contribution in [2.24, 2.45) is 0 Å². The van der Waals surface area contributed by atoms with E-state index in [1.54, 1.807) is 45.2 Å². The van der Waals surface area contributed by atoms with E-state index >= 15 is 0 Å². The Bertz CT molecular complexity index is 562. The standard InChI is InChI=1S/C10H3F6I3O3/c11-9(12,13)8(21,10(14,15)16)7(20)22-6-4(18)1-3(17)2-5(6)19/h1-2,21H. The van der Waals surface area contributed by atoms with Crippen LogP contribution < -0.4 is 4.74 Å². The minimum atomic E-state index is -6.28. The van der Waals surface area contributed by atoms with Gasteiger partial charge in [0.25, 0.3) is 0 Å². The first-order valence-electron chi connectivity index (χ1n) is 4.94. The average Bonchev–Trinajstić information content (AvgIpc) is 2.29. The molecule has 0 aliphatic heterocycles. The van der Waals surface area contributed by atoms with Gasteiger partial charge >= 0.3 is 23.9 Å². The number of benzene rings is 1. The number of carbonyl (C=O) groups excluding carboxylic acids is 1. The number of ether oxygens (including phenoxy) is 1. The van der Waals surface area contributed by atoms with Gasteiger partial charge in [0.05, 0.1) is 7.14 Å². The van der Waals surface area contributed by atoms with Crippen LogP contribution in [0.4, 0.5) is 26.3 Å². The number of aliphatic hydroxyl groups is 1. The van der Waals surface area contributed by atoms with E-state index in [0.29, 0.717) is 3.57 Å². The third-order valence-corrected chi connectivity index (χ3v) is 4.50. The number of hydrogen-bond donors (Lipinski definition) is 1. The summed E-state index contributed by atoms with van der Waals surface area (Å²) < 4.78 is 80.3. The summed E-state index contributed by atoms with van der Waals surface area (Å²) in [6, 6.07) is 2.76. The van der Waals surface area contributed by atoms with Crippen LogP contribution in [-0.2, 0) is 4.79 Å². The molecule has 0 heterocycles. The second-order valence-electron chi connectivity index (χ2n) is 3.79. The van der Waals surface area contributed by atoms with Crippen LogP contribution in [0.25, 0.3) is 0 Å². The maximum Gasteiger partial charge on any atom is 0.437 e. The number of esters is 1. The summed E-state index contributed by atoms with van der Waals surface area (Å²) in [5, 5.41) is 8.92. The minimum absolute atomic E-state index is 0.119. The second-order valence-corrected chi connectivity index (χ2v) is 7.36. The number of hydrogen-bond acceptors (Lipinski definition) is 3. The molecule has 1 rings (SSSR count). The van der Waals surface area contributed by atoms with Crippen LogP contribution in [0.3, 0.4) is 0 Å². The molecule has 1 N–H and O–H groups in total. The van der Waals surface area contributed by atoms with Crippen molar-refractivity contribution >= 4 is 73.7 Å². The number of carbonyl (C=O) groups is 1. The number of halogens is 9. The maximum atomic E-state index is 12.5. The molecule has 3 nitrogen and oxygen atoms in total. The van der Waals surface area contributed by atoms with Crippen molar-refractivity contribution in [1.29, 1.82) is 0 Å². The lowest BCUT2D eigenvalue weighted by Crippen LogP contribution is -2.63. The minimum Gasteiger partial charge on any atom is -0.422 e. The van der Waals surface area contributed by atoms with E-state index in [9.17, 15) is 31.1 Å². The first-order valence-corrected chi connectivity index (χ1v) is 8.18. The highest BCUT2D eigenvalue weighted by molar-refractivity contribution is 14.1. The molecule has 1 aromatic carbocycles. The SMILES string of the molecule is O=C(Oc1c(I)cc(I)cc1I)C(O)(C(F)(F)F)C(F)(F)F. The zero-order valence-corrected chi connectivity index (χ0v) is 16.3. The van der Waals surface area contributed by atoms with E-state index in [1.807, 2.05) is 22.6 Å². The van der Waals surface area contributed by atoms with Crippen LogP contribution in [0.2, 0.25) is 0 Å². The van der Waals surface area contributed by atoms with Gasteiger partial charge in [0.1, 0.15) is 0 Å². The molecule has 22 heavy (non-hydrogen) atoms. The highest BCUT2D eigenvalue weighted by Gasteiger charge is 2.76. The summed E-state index contributed by atoms with van der Waals surface area (Å²) in [5.41, 5.74) is -5.60. The highest BCUT2D eigenvalue weighted by atomic mass is 127.